The number of imidazole rings is 1. The fourth-order valence-corrected chi connectivity index (χ4v) is 3.31. The molecule has 5 nitrogen and oxygen atoms in total. The molecule has 1 aliphatic carbocycles. The van der Waals surface area contributed by atoms with E-state index in [4.69, 9.17) is 4.74 Å². The number of hydrogen-bond donors (Lipinski definition) is 1. The molecule has 1 amide bonds. The Morgan fingerprint density at radius 3 is 3.14 bits per heavy atom. The molecule has 1 aliphatic heterocycles. The van der Waals surface area contributed by atoms with Crippen LogP contribution in [0, 0.1) is 0 Å². The summed E-state index contributed by atoms with van der Waals surface area (Å²) < 4.78 is 7.84. The summed E-state index contributed by atoms with van der Waals surface area (Å²) in [4.78, 5) is 16.6. The van der Waals surface area contributed by atoms with Crippen LogP contribution < -0.4 is 5.32 Å². The summed E-state index contributed by atoms with van der Waals surface area (Å²) in [6, 6.07) is 0.185. The van der Waals surface area contributed by atoms with E-state index in [1.807, 2.05) is 17.8 Å². The lowest BCUT2D eigenvalue weighted by Crippen LogP contribution is -2.40. The topological polar surface area (TPSA) is 56.2 Å². The monoisotopic (exact) mass is 303 g/mol. The van der Waals surface area contributed by atoms with Gasteiger partial charge >= 0.3 is 0 Å². The van der Waals surface area contributed by atoms with Crippen LogP contribution in [0.4, 0.5) is 0 Å². The lowest BCUT2D eigenvalue weighted by Gasteiger charge is -2.30. The lowest BCUT2D eigenvalue weighted by molar-refractivity contribution is -0.119. The Kier molecular flexibility index (Phi) is 4.93. The number of allylic oxidation sites excluding steroid dienone is 1. The van der Waals surface area contributed by atoms with E-state index in [0.717, 1.165) is 43.4 Å². The Labute approximate surface area is 131 Å². The third kappa shape index (κ3) is 3.58. The summed E-state index contributed by atoms with van der Waals surface area (Å²) in [7, 11) is 1.98. The molecule has 0 saturated carbocycles. The van der Waals surface area contributed by atoms with Crippen LogP contribution in [0.15, 0.2) is 24.2 Å². The molecule has 1 N–H and O–H groups in total. The molecule has 1 fully saturated rings. The summed E-state index contributed by atoms with van der Waals surface area (Å²) in [5.41, 5.74) is 2.05. The van der Waals surface area contributed by atoms with E-state index in [2.05, 4.69) is 16.4 Å². The molecule has 0 radical (unpaired) electrons. The molecule has 1 aromatic rings. The average Bonchev–Trinajstić information content (AvgIpc) is 2.78. The first-order chi connectivity index (χ1) is 10.7. The molecular weight excluding hydrogens is 278 g/mol. The number of rotatable bonds is 3. The standard InChI is InChI=1S/C17H25N3O2/c1-20-12-18-11-15(20)16-10-14(8-9-22-16)19-17(21)13-6-4-2-3-5-7-13/h6,11-12,14,16H,2-5,7-10H2,1H3,(H,19,21)/t14-,16+/m0/s1. The number of nitrogens with zero attached hydrogens (tertiary/aromatic N) is 2. The van der Waals surface area contributed by atoms with Crippen molar-refractivity contribution in [3.63, 3.8) is 0 Å². The zero-order valence-corrected chi connectivity index (χ0v) is 13.3. The molecule has 2 atom stereocenters. The molecule has 1 aromatic heterocycles. The molecule has 2 heterocycles. The van der Waals surface area contributed by atoms with Gasteiger partial charge in [0.05, 0.1) is 18.2 Å². The highest BCUT2D eigenvalue weighted by molar-refractivity contribution is 5.93. The second-order valence-corrected chi connectivity index (χ2v) is 6.31. The first-order valence-electron chi connectivity index (χ1n) is 8.32. The molecule has 22 heavy (non-hydrogen) atoms. The van der Waals surface area contributed by atoms with Gasteiger partial charge in [0.1, 0.15) is 6.10 Å². The minimum atomic E-state index is 0.0228. The third-order valence-electron chi connectivity index (χ3n) is 4.64. The zero-order chi connectivity index (χ0) is 15.4. The van der Waals surface area contributed by atoms with E-state index >= 15 is 0 Å². The predicted molar refractivity (Wildman–Crippen MR) is 84.2 cm³/mol. The SMILES string of the molecule is Cn1cncc1[C@H]1C[C@@H](NC(=O)C2=CCCCCC2)CCO1. The average molecular weight is 303 g/mol. The van der Waals surface area contributed by atoms with Gasteiger partial charge in [0, 0.05) is 25.3 Å². The number of hydrogen-bond acceptors (Lipinski definition) is 3. The van der Waals surface area contributed by atoms with Crippen LogP contribution in [0.1, 0.15) is 56.7 Å². The Bertz CT molecular complexity index is 550. The van der Waals surface area contributed by atoms with Gasteiger partial charge in [-0.15, -0.1) is 0 Å². The zero-order valence-electron chi connectivity index (χ0n) is 13.3. The van der Waals surface area contributed by atoms with Crippen LogP contribution in [0.25, 0.3) is 0 Å². The largest absolute Gasteiger partial charge is 0.372 e. The van der Waals surface area contributed by atoms with Gasteiger partial charge < -0.3 is 14.6 Å². The van der Waals surface area contributed by atoms with Gasteiger partial charge in [0.25, 0.3) is 0 Å². The molecule has 1 saturated heterocycles. The highest BCUT2D eigenvalue weighted by Crippen LogP contribution is 2.28. The van der Waals surface area contributed by atoms with Crippen LogP contribution in [0.3, 0.4) is 0 Å². The normalized spacial score (nSPS) is 26.1. The van der Waals surface area contributed by atoms with E-state index in [-0.39, 0.29) is 18.1 Å². The summed E-state index contributed by atoms with van der Waals surface area (Å²) in [5, 5.41) is 3.21. The predicted octanol–water partition coefficient (Wildman–Crippen LogP) is 2.65. The van der Waals surface area contributed by atoms with E-state index < -0.39 is 0 Å². The van der Waals surface area contributed by atoms with E-state index in [1.165, 1.54) is 12.8 Å². The van der Waals surface area contributed by atoms with Crippen molar-refractivity contribution in [2.45, 2.75) is 57.1 Å². The van der Waals surface area contributed by atoms with Crippen LogP contribution >= 0.6 is 0 Å². The second kappa shape index (κ2) is 7.09. The highest BCUT2D eigenvalue weighted by Gasteiger charge is 2.27. The smallest absolute Gasteiger partial charge is 0.247 e. The molecule has 0 unspecified atom stereocenters. The van der Waals surface area contributed by atoms with Gasteiger partial charge in [-0.05, 0) is 38.5 Å². The summed E-state index contributed by atoms with van der Waals surface area (Å²) >= 11 is 0. The van der Waals surface area contributed by atoms with Crippen molar-refractivity contribution >= 4 is 5.91 Å². The molecule has 5 heteroatoms. The van der Waals surface area contributed by atoms with E-state index in [1.54, 1.807) is 6.33 Å². The number of amides is 1. The van der Waals surface area contributed by atoms with Crippen LogP contribution in [-0.2, 0) is 16.6 Å². The number of carbonyl (C=O) groups excluding carboxylic acids is 1. The Balaban J connectivity index is 1.59. The minimum Gasteiger partial charge on any atom is -0.372 e. The van der Waals surface area contributed by atoms with Gasteiger partial charge in [-0.25, -0.2) is 4.98 Å². The van der Waals surface area contributed by atoms with Crippen molar-refractivity contribution < 1.29 is 9.53 Å². The minimum absolute atomic E-state index is 0.0228. The molecule has 0 aromatic carbocycles. The van der Waals surface area contributed by atoms with Gasteiger partial charge in [-0.2, -0.15) is 0 Å². The maximum atomic E-state index is 12.4. The van der Waals surface area contributed by atoms with Gasteiger partial charge in [-0.3, -0.25) is 4.79 Å². The number of aromatic nitrogens is 2. The Hall–Kier alpha value is -1.62. The summed E-state index contributed by atoms with van der Waals surface area (Å²) in [6.45, 7) is 0.680. The molecule has 3 rings (SSSR count). The first-order valence-corrected chi connectivity index (χ1v) is 8.32. The van der Waals surface area contributed by atoms with Crippen molar-refractivity contribution in [3.05, 3.63) is 29.9 Å². The molecule has 0 spiro atoms. The van der Waals surface area contributed by atoms with Gasteiger partial charge in [-0.1, -0.05) is 12.5 Å². The molecular formula is C17H25N3O2. The van der Waals surface area contributed by atoms with Crippen molar-refractivity contribution in [1.82, 2.24) is 14.9 Å². The third-order valence-corrected chi connectivity index (χ3v) is 4.64. The van der Waals surface area contributed by atoms with Crippen molar-refractivity contribution in [2.24, 2.45) is 7.05 Å². The number of carbonyl (C=O) groups is 1. The maximum absolute atomic E-state index is 12.4. The van der Waals surface area contributed by atoms with E-state index in [0.29, 0.717) is 6.61 Å². The van der Waals surface area contributed by atoms with E-state index in [9.17, 15) is 4.79 Å². The quantitative estimate of drug-likeness (QED) is 0.934. The Morgan fingerprint density at radius 1 is 1.41 bits per heavy atom. The fraction of sp³-hybridized carbons (Fsp3) is 0.647. The summed E-state index contributed by atoms with van der Waals surface area (Å²) in [5.74, 6) is 0.123. The molecule has 0 bridgehead atoms. The summed E-state index contributed by atoms with van der Waals surface area (Å²) in [6.07, 6.45) is 13.0. The lowest BCUT2D eigenvalue weighted by atomic mass is 10.00. The van der Waals surface area contributed by atoms with Crippen molar-refractivity contribution in [2.75, 3.05) is 6.61 Å². The van der Waals surface area contributed by atoms with Crippen LogP contribution in [0.2, 0.25) is 0 Å². The number of aryl methyl sites for hydroxylation is 1. The van der Waals surface area contributed by atoms with Crippen LogP contribution in [-0.4, -0.2) is 28.1 Å². The molecule has 2 aliphatic rings. The van der Waals surface area contributed by atoms with Crippen molar-refractivity contribution in [1.29, 1.82) is 0 Å². The van der Waals surface area contributed by atoms with Gasteiger partial charge in [0.15, 0.2) is 0 Å². The maximum Gasteiger partial charge on any atom is 0.247 e. The van der Waals surface area contributed by atoms with Gasteiger partial charge in [0.2, 0.25) is 5.91 Å². The fourth-order valence-electron chi connectivity index (χ4n) is 3.31. The Morgan fingerprint density at radius 2 is 2.32 bits per heavy atom. The highest BCUT2D eigenvalue weighted by atomic mass is 16.5. The van der Waals surface area contributed by atoms with Crippen LogP contribution in [0.5, 0.6) is 0 Å². The second-order valence-electron chi connectivity index (χ2n) is 6.31. The molecule has 120 valence electrons. The number of ether oxygens (including phenoxy) is 1. The first kappa shape index (κ1) is 15.3. The van der Waals surface area contributed by atoms with Crippen molar-refractivity contribution in [3.8, 4) is 0 Å². The number of nitrogens with one attached hydrogen (secondary N) is 1.